The molecule has 0 aliphatic carbocycles. The number of aryl methyl sites for hydroxylation is 2. The van der Waals surface area contributed by atoms with E-state index >= 15 is 0 Å². The van der Waals surface area contributed by atoms with Crippen molar-refractivity contribution in [1.29, 1.82) is 0 Å². The first-order valence-electron chi connectivity index (χ1n) is 9.04. The molecule has 0 fully saturated rings. The topological polar surface area (TPSA) is 113 Å². The standard InChI is InChI=1S/C21H20N6OS/c1-12-6-3-4-9-15(12)27-17(11-29-18-10-16(22)25-21(23)26-18)24-14-8-5-7-13(2)19(14)20(27)28/h3-10H,11H2,1-2H3,(H4,22,23,25,26). The number of para-hydroxylation sites is 1. The third kappa shape index (κ3) is 3.66. The summed E-state index contributed by atoms with van der Waals surface area (Å²) in [4.78, 5) is 26.4. The summed E-state index contributed by atoms with van der Waals surface area (Å²) < 4.78 is 1.69. The fraction of sp³-hybridized carbons (Fsp3) is 0.143. The van der Waals surface area contributed by atoms with Gasteiger partial charge < -0.3 is 11.5 Å². The van der Waals surface area contributed by atoms with Crippen molar-refractivity contribution in [1.82, 2.24) is 19.5 Å². The minimum atomic E-state index is -0.0836. The average molecular weight is 404 g/mol. The summed E-state index contributed by atoms with van der Waals surface area (Å²) in [7, 11) is 0. The molecule has 4 N–H and O–H groups in total. The fourth-order valence-corrected chi connectivity index (χ4v) is 4.11. The van der Waals surface area contributed by atoms with Crippen LogP contribution in [0.3, 0.4) is 0 Å². The SMILES string of the molecule is Cc1ccccc1-n1c(CSc2cc(N)nc(N)n2)nc2cccc(C)c2c1=O. The zero-order chi connectivity index (χ0) is 20.5. The molecule has 0 amide bonds. The minimum absolute atomic E-state index is 0.0836. The van der Waals surface area contributed by atoms with Crippen LogP contribution in [0.25, 0.3) is 16.6 Å². The van der Waals surface area contributed by atoms with Crippen molar-refractivity contribution in [3.05, 3.63) is 75.8 Å². The highest BCUT2D eigenvalue weighted by molar-refractivity contribution is 7.98. The summed E-state index contributed by atoms with van der Waals surface area (Å²) in [6.45, 7) is 3.90. The number of anilines is 2. The summed E-state index contributed by atoms with van der Waals surface area (Å²) in [5, 5.41) is 1.25. The maximum absolute atomic E-state index is 13.5. The number of hydrogen-bond acceptors (Lipinski definition) is 7. The summed E-state index contributed by atoms with van der Waals surface area (Å²) in [5.41, 5.74) is 14.8. The van der Waals surface area contributed by atoms with Gasteiger partial charge in [0.1, 0.15) is 16.7 Å². The average Bonchev–Trinajstić information content (AvgIpc) is 2.66. The van der Waals surface area contributed by atoms with Crippen LogP contribution in [-0.4, -0.2) is 19.5 Å². The summed E-state index contributed by atoms with van der Waals surface area (Å²) in [6, 6.07) is 15.1. The normalized spacial score (nSPS) is 11.1. The van der Waals surface area contributed by atoms with Crippen molar-refractivity contribution in [3.8, 4) is 5.69 Å². The Morgan fingerprint density at radius 1 is 0.966 bits per heavy atom. The van der Waals surface area contributed by atoms with E-state index in [0.29, 0.717) is 33.3 Å². The van der Waals surface area contributed by atoms with Crippen molar-refractivity contribution < 1.29 is 0 Å². The maximum atomic E-state index is 13.5. The van der Waals surface area contributed by atoms with Crippen LogP contribution in [0.15, 0.2) is 58.4 Å². The minimum Gasteiger partial charge on any atom is -0.383 e. The molecule has 7 nitrogen and oxygen atoms in total. The zero-order valence-corrected chi connectivity index (χ0v) is 16.9. The molecule has 0 aliphatic rings. The van der Waals surface area contributed by atoms with E-state index in [9.17, 15) is 4.79 Å². The number of nitrogens with two attached hydrogens (primary N) is 2. The van der Waals surface area contributed by atoms with Crippen LogP contribution in [0, 0.1) is 13.8 Å². The lowest BCUT2D eigenvalue weighted by atomic mass is 10.1. The van der Waals surface area contributed by atoms with E-state index in [1.54, 1.807) is 10.6 Å². The molecule has 2 heterocycles. The summed E-state index contributed by atoms with van der Waals surface area (Å²) in [5.74, 6) is 1.47. The predicted molar refractivity (Wildman–Crippen MR) is 117 cm³/mol. The third-order valence-electron chi connectivity index (χ3n) is 4.62. The van der Waals surface area contributed by atoms with Gasteiger partial charge in [0.15, 0.2) is 0 Å². The van der Waals surface area contributed by atoms with Crippen molar-refractivity contribution >= 4 is 34.4 Å². The van der Waals surface area contributed by atoms with Crippen molar-refractivity contribution in [2.45, 2.75) is 24.6 Å². The summed E-state index contributed by atoms with van der Waals surface area (Å²) in [6.07, 6.45) is 0. The van der Waals surface area contributed by atoms with E-state index in [0.717, 1.165) is 16.8 Å². The molecule has 0 unspecified atom stereocenters. The molecule has 0 aliphatic heterocycles. The van der Waals surface area contributed by atoms with Crippen LogP contribution in [0.1, 0.15) is 17.0 Å². The molecule has 0 bridgehead atoms. The van der Waals surface area contributed by atoms with Crippen molar-refractivity contribution in [2.24, 2.45) is 0 Å². The first kappa shape index (κ1) is 18.9. The molecule has 8 heteroatoms. The van der Waals surface area contributed by atoms with Gasteiger partial charge in [-0.3, -0.25) is 9.36 Å². The highest BCUT2D eigenvalue weighted by Crippen LogP contribution is 2.25. The third-order valence-corrected chi connectivity index (χ3v) is 5.53. The molecule has 0 radical (unpaired) electrons. The van der Waals surface area contributed by atoms with E-state index in [-0.39, 0.29) is 11.5 Å². The van der Waals surface area contributed by atoms with Gasteiger partial charge in [-0.2, -0.15) is 4.98 Å². The number of benzene rings is 2. The molecule has 4 aromatic rings. The van der Waals surface area contributed by atoms with Crippen LogP contribution >= 0.6 is 11.8 Å². The Morgan fingerprint density at radius 2 is 1.72 bits per heavy atom. The molecule has 29 heavy (non-hydrogen) atoms. The van der Waals surface area contributed by atoms with Gasteiger partial charge in [0, 0.05) is 6.07 Å². The number of thioether (sulfide) groups is 1. The molecule has 0 saturated heterocycles. The molecule has 146 valence electrons. The molecular weight excluding hydrogens is 384 g/mol. The first-order chi connectivity index (χ1) is 13.9. The monoisotopic (exact) mass is 404 g/mol. The number of hydrogen-bond donors (Lipinski definition) is 2. The van der Waals surface area contributed by atoms with E-state index in [4.69, 9.17) is 16.5 Å². The second-order valence-electron chi connectivity index (χ2n) is 6.70. The Labute approximate surface area is 171 Å². The van der Waals surface area contributed by atoms with Gasteiger partial charge in [-0.15, -0.1) is 0 Å². The lowest BCUT2D eigenvalue weighted by Gasteiger charge is -2.16. The Bertz CT molecular complexity index is 1260. The lowest BCUT2D eigenvalue weighted by molar-refractivity contribution is 0.875. The van der Waals surface area contributed by atoms with Crippen LogP contribution in [0.4, 0.5) is 11.8 Å². The Balaban J connectivity index is 1.89. The van der Waals surface area contributed by atoms with E-state index in [2.05, 4.69) is 9.97 Å². The maximum Gasteiger partial charge on any atom is 0.266 e. The van der Waals surface area contributed by atoms with Gasteiger partial charge in [-0.25, -0.2) is 9.97 Å². The highest BCUT2D eigenvalue weighted by Gasteiger charge is 2.16. The predicted octanol–water partition coefficient (Wildman–Crippen LogP) is 3.25. The smallest absolute Gasteiger partial charge is 0.266 e. The van der Waals surface area contributed by atoms with Crippen LogP contribution in [-0.2, 0) is 5.75 Å². The molecule has 0 spiro atoms. The molecule has 4 rings (SSSR count). The summed E-state index contributed by atoms with van der Waals surface area (Å²) >= 11 is 1.40. The first-order valence-corrected chi connectivity index (χ1v) is 10.0. The van der Waals surface area contributed by atoms with Crippen LogP contribution in [0.5, 0.6) is 0 Å². The van der Waals surface area contributed by atoms with E-state index < -0.39 is 0 Å². The lowest BCUT2D eigenvalue weighted by Crippen LogP contribution is -2.25. The second-order valence-corrected chi connectivity index (χ2v) is 7.70. The Morgan fingerprint density at radius 3 is 2.48 bits per heavy atom. The molecule has 0 saturated carbocycles. The van der Waals surface area contributed by atoms with Crippen LogP contribution < -0.4 is 17.0 Å². The van der Waals surface area contributed by atoms with Crippen LogP contribution in [0.2, 0.25) is 0 Å². The van der Waals surface area contributed by atoms with Gasteiger partial charge in [0.05, 0.1) is 22.3 Å². The number of rotatable bonds is 4. The fourth-order valence-electron chi connectivity index (χ4n) is 3.27. The number of nitrogen functional groups attached to an aromatic ring is 2. The Hall–Kier alpha value is -3.39. The van der Waals surface area contributed by atoms with Gasteiger partial charge in [0.2, 0.25) is 5.95 Å². The number of nitrogens with zero attached hydrogens (tertiary/aromatic N) is 4. The quantitative estimate of drug-likeness (QED) is 0.396. The highest BCUT2D eigenvalue weighted by atomic mass is 32.2. The number of aromatic nitrogens is 4. The second kappa shape index (κ2) is 7.56. The molecular formula is C21H20N6OS. The van der Waals surface area contributed by atoms with Gasteiger partial charge >= 0.3 is 0 Å². The van der Waals surface area contributed by atoms with Crippen molar-refractivity contribution in [3.63, 3.8) is 0 Å². The van der Waals surface area contributed by atoms with Crippen molar-refractivity contribution in [2.75, 3.05) is 11.5 Å². The van der Waals surface area contributed by atoms with Gasteiger partial charge in [-0.05, 0) is 37.1 Å². The molecule has 2 aromatic heterocycles. The number of fused-ring (bicyclic) bond motifs is 1. The van der Waals surface area contributed by atoms with E-state index in [1.807, 2.05) is 56.3 Å². The van der Waals surface area contributed by atoms with Gasteiger partial charge in [-0.1, -0.05) is 42.1 Å². The van der Waals surface area contributed by atoms with Gasteiger partial charge in [0.25, 0.3) is 5.56 Å². The Kier molecular flexibility index (Phi) is 4.94. The molecule has 2 aromatic carbocycles. The largest absolute Gasteiger partial charge is 0.383 e. The molecule has 0 atom stereocenters. The van der Waals surface area contributed by atoms with E-state index in [1.165, 1.54) is 11.8 Å². The zero-order valence-electron chi connectivity index (χ0n) is 16.1.